The molecule has 0 aliphatic carbocycles. The number of amides is 1. The van der Waals surface area contributed by atoms with Crippen molar-refractivity contribution in [3.8, 4) is 5.75 Å². The van der Waals surface area contributed by atoms with E-state index in [9.17, 15) is 4.79 Å². The number of benzene rings is 1. The predicted molar refractivity (Wildman–Crippen MR) is 101 cm³/mol. The van der Waals surface area contributed by atoms with E-state index in [1.807, 2.05) is 18.2 Å². The van der Waals surface area contributed by atoms with Crippen LogP contribution in [0.2, 0.25) is 0 Å². The Kier molecular flexibility index (Phi) is 6.45. The molecule has 0 radical (unpaired) electrons. The molecule has 1 N–H and O–H groups in total. The van der Waals surface area contributed by atoms with Crippen molar-refractivity contribution < 1.29 is 14.1 Å². The molecule has 146 valence electrons. The first-order chi connectivity index (χ1) is 13.1. The molecule has 1 aromatic heterocycles. The average molecular weight is 372 g/mol. The van der Waals surface area contributed by atoms with Gasteiger partial charge >= 0.3 is 0 Å². The Balaban J connectivity index is 1.70. The van der Waals surface area contributed by atoms with E-state index in [-0.39, 0.29) is 18.4 Å². The van der Waals surface area contributed by atoms with E-state index in [2.05, 4.69) is 33.3 Å². The van der Waals surface area contributed by atoms with Crippen molar-refractivity contribution in [2.45, 2.75) is 39.2 Å². The summed E-state index contributed by atoms with van der Waals surface area (Å²) in [5.74, 6) is 2.36. The Hall–Kier alpha value is -2.41. The lowest BCUT2D eigenvalue weighted by atomic mass is 9.95. The zero-order valence-corrected chi connectivity index (χ0v) is 16.3. The highest BCUT2D eigenvalue weighted by Crippen LogP contribution is 2.31. The monoisotopic (exact) mass is 372 g/mol. The first-order valence-corrected chi connectivity index (χ1v) is 9.49. The molecule has 0 bridgehead atoms. The second-order valence-electron chi connectivity index (χ2n) is 7.19. The minimum Gasteiger partial charge on any atom is -0.496 e. The van der Waals surface area contributed by atoms with E-state index in [0.29, 0.717) is 18.3 Å². The van der Waals surface area contributed by atoms with Gasteiger partial charge in [-0.25, -0.2) is 0 Å². The zero-order valence-electron chi connectivity index (χ0n) is 16.3. The van der Waals surface area contributed by atoms with E-state index in [1.165, 1.54) is 12.8 Å². The third-order valence-electron chi connectivity index (χ3n) is 5.14. The molecular weight excluding hydrogens is 344 g/mol. The fourth-order valence-corrected chi connectivity index (χ4v) is 3.55. The van der Waals surface area contributed by atoms with Gasteiger partial charge in [0.2, 0.25) is 11.8 Å². The smallest absolute Gasteiger partial charge is 0.227 e. The number of nitrogens with one attached hydrogen (secondary N) is 1. The normalized spacial score (nSPS) is 16.9. The lowest BCUT2D eigenvalue weighted by molar-refractivity contribution is -0.120. The Morgan fingerprint density at radius 1 is 1.37 bits per heavy atom. The fraction of sp³-hybridized carbons (Fsp3) is 0.550. The first-order valence-electron chi connectivity index (χ1n) is 9.49. The molecule has 1 aliphatic heterocycles. The number of ether oxygens (including phenoxy) is 1. The summed E-state index contributed by atoms with van der Waals surface area (Å²) in [6.07, 6.45) is 2.45. The molecule has 7 nitrogen and oxygen atoms in total. The van der Waals surface area contributed by atoms with Crippen LogP contribution in [0.5, 0.6) is 5.75 Å². The lowest BCUT2D eigenvalue weighted by Crippen LogP contribution is -2.42. The predicted octanol–water partition coefficient (Wildman–Crippen LogP) is 2.52. The van der Waals surface area contributed by atoms with Gasteiger partial charge in [0.25, 0.3) is 0 Å². The van der Waals surface area contributed by atoms with Crippen LogP contribution < -0.4 is 10.1 Å². The van der Waals surface area contributed by atoms with Gasteiger partial charge in [0.05, 0.1) is 19.6 Å². The molecule has 2 aromatic rings. The number of hydrogen-bond donors (Lipinski definition) is 1. The van der Waals surface area contributed by atoms with E-state index >= 15 is 0 Å². The maximum absolute atomic E-state index is 12.4. The highest BCUT2D eigenvalue weighted by atomic mass is 16.5. The van der Waals surface area contributed by atoms with Crippen LogP contribution in [0.15, 0.2) is 28.8 Å². The summed E-state index contributed by atoms with van der Waals surface area (Å²) < 4.78 is 10.5. The molecule has 0 spiro atoms. The van der Waals surface area contributed by atoms with Crippen molar-refractivity contribution in [2.75, 3.05) is 26.7 Å². The number of hydrogen-bond acceptors (Lipinski definition) is 6. The van der Waals surface area contributed by atoms with Gasteiger partial charge in [0.1, 0.15) is 5.75 Å². The third kappa shape index (κ3) is 5.07. The Morgan fingerprint density at radius 2 is 2.11 bits per heavy atom. The van der Waals surface area contributed by atoms with Crippen LogP contribution in [-0.4, -0.2) is 47.7 Å². The summed E-state index contributed by atoms with van der Waals surface area (Å²) in [5, 5.41) is 6.83. The van der Waals surface area contributed by atoms with Gasteiger partial charge in [-0.15, -0.1) is 0 Å². The minimum atomic E-state index is -0.110. The number of rotatable bonds is 7. The Morgan fingerprint density at radius 3 is 2.78 bits per heavy atom. The number of para-hydroxylation sites is 1. The van der Waals surface area contributed by atoms with E-state index in [0.717, 1.165) is 30.3 Å². The van der Waals surface area contributed by atoms with Crippen LogP contribution in [0.3, 0.4) is 0 Å². The van der Waals surface area contributed by atoms with E-state index in [1.54, 1.807) is 14.0 Å². The van der Waals surface area contributed by atoms with Crippen LogP contribution in [0.25, 0.3) is 0 Å². The molecule has 0 saturated carbocycles. The summed E-state index contributed by atoms with van der Waals surface area (Å²) in [5.41, 5.74) is 1.10. The molecule has 1 fully saturated rings. The van der Waals surface area contributed by atoms with Crippen molar-refractivity contribution >= 4 is 5.91 Å². The molecule has 1 unspecified atom stereocenters. The Labute approximate surface area is 160 Å². The Bertz CT molecular complexity index is 753. The largest absolute Gasteiger partial charge is 0.496 e. The molecule has 1 saturated heterocycles. The van der Waals surface area contributed by atoms with Gasteiger partial charge in [0.15, 0.2) is 5.82 Å². The van der Waals surface area contributed by atoms with Gasteiger partial charge in [0, 0.05) is 19.0 Å². The number of nitrogens with zero attached hydrogens (tertiary/aromatic N) is 3. The van der Waals surface area contributed by atoms with Crippen LogP contribution in [-0.2, 0) is 11.2 Å². The third-order valence-corrected chi connectivity index (χ3v) is 5.14. The van der Waals surface area contributed by atoms with Crippen LogP contribution >= 0.6 is 0 Å². The number of methoxy groups -OCH3 is 1. The summed E-state index contributed by atoms with van der Waals surface area (Å²) in [6, 6.07) is 8.11. The topological polar surface area (TPSA) is 80.5 Å². The minimum absolute atomic E-state index is 0.0737. The first kappa shape index (κ1) is 19.4. The zero-order chi connectivity index (χ0) is 19.2. The molecule has 1 aromatic carbocycles. The molecule has 1 atom stereocenters. The second-order valence-corrected chi connectivity index (χ2v) is 7.19. The number of carbonyl (C=O) groups is 1. The number of aromatic nitrogens is 2. The number of piperidine rings is 1. The van der Waals surface area contributed by atoms with Crippen LogP contribution in [0, 0.1) is 12.8 Å². The summed E-state index contributed by atoms with van der Waals surface area (Å²) in [4.78, 5) is 18.9. The van der Waals surface area contributed by atoms with Crippen molar-refractivity contribution in [3.63, 3.8) is 0 Å². The van der Waals surface area contributed by atoms with Crippen molar-refractivity contribution in [1.82, 2.24) is 20.4 Å². The number of likely N-dealkylation sites (tertiary alicyclic amines) is 1. The second kappa shape index (κ2) is 8.99. The molecule has 1 aliphatic rings. The van der Waals surface area contributed by atoms with Crippen molar-refractivity contribution in [2.24, 2.45) is 5.92 Å². The summed E-state index contributed by atoms with van der Waals surface area (Å²) in [6.45, 7) is 6.56. The summed E-state index contributed by atoms with van der Waals surface area (Å²) in [7, 11) is 1.69. The van der Waals surface area contributed by atoms with Gasteiger partial charge in [-0.05, 0) is 37.9 Å². The van der Waals surface area contributed by atoms with Gasteiger partial charge in [-0.2, -0.15) is 4.98 Å². The maximum atomic E-state index is 12.4. The van der Waals surface area contributed by atoms with Gasteiger partial charge in [-0.3, -0.25) is 9.69 Å². The molecule has 1 amide bonds. The van der Waals surface area contributed by atoms with Crippen molar-refractivity contribution in [1.29, 1.82) is 0 Å². The van der Waals surface area contributed by atoms with Gasteiger partial charge in [-0.1, -0.05) is 30.3 Å². The fourth-order valence-electron chi connectivity index (χ4n) is 3.55. The quantitative estimate of drug-likeness (QED) is 0.804. The standard InChI is InChI=1S/C20H28N4O3/c1-14-8-10-24(11-9-14)17(16-6-4-5-7-18(16)26-3)13-21-20(25)12-19-22-15(2)27-23-19/h4-7,14,17H,8-13H2,1-3H3,(H,21,25). The SMILES string of the molecule is COc1ccccc1C(CNC(=O)Cc1noc(C)n1)N1CCC(C)CC1. The maximum Gasteiger partial charge on any atom is 0.227 e. The summed E-state index contributed by atoms with van der Waals surface area (Å²) >= 11 is 0. The number of aryl methyl sites for hydroxylation is 1. The molecular formula is C20H28N4O3. The number of carbonyl (C=O) groups excluding carboxylic acids is 1. The van der Waals surface area contributed by atoms with E-state index < -0.39 is 0 Å². The molecule has 7 heteroatoms. The van der Waals surface area contributed by atoms with Crippen LogP contribution in [0.1, 0.15) is 43.1 Å². The van der Waals surface area contributed by atoms with Crippen molar-refractivity contribution in [3.05, 3.63) is 41.5 Å². The highest BCUT2D eigenvalue weighted by Gasteiger charge is 2.27. The van der Waals surface area contributed by atoms with E-state index in [4.69, 9.17) is 9.26 Å². The van der Waals surface area contributed by atoms with Crippen LogP contribution in [0.4, 0.5) is 0 Å². The highest BCUT2D eigenvalue weighted by molar-refractivity contribution is 5.77. The molecule has 3 rings (SSSR count). The lowest BCUT2D eigenvalue weighted by Gasteiger charge is -2.37. The average Bonchev–Trinajstić information content (AvgIpc) is 3.08. The molecule has 27 heavy (non-hydrogen) atoms. The van der Waals surface area contributed by atoms with Gasteiger partial charge < -0.3 is 14.6 Å². The molecule has 2 heterocycles.